The van der Waals surface area contributed by atoms with Gasteiger partial charge in [-0.1, -0.05) is 24.3 Å². The van der Waals surface area contributed by atoms with Gasteiger partial charge in [0.2, 0.25) is 0 Å². The lowest BCUT2D eigenvalue weighted by atomic mass is 10.1. The first-order valence-corrected chi connectivity index (χ1v) is 6.23. The summed E-state index contributed by atoms with van der Waals surface area (Å²) in [5.41, 5.74) is 0. The first kappa shape index (κ1) is 12.7. The largest absolute Gasteiger partial charge is 0.504 e. The van der Waals surface area contributed by atoms with E-state index in [4.69, 9.17) is 9.47 Å². The Morgan fingerprint density at radius 2 is 1.78 bits per heavy atom. The molecular weight excluding hydrogens is 228 g/mol. The molecule has 0 atom stereocenters. The summed E-state index contributed by atoms with van der Waals surface area (Å²) in [5.74, 6) is 0.718. The van der Waals surface area contributed by atoms with E-state index in [1.165, 1.54) is 0 Å². The molecule has 1 N–H and O–H groups in total. The van der Waals surface area contributed by atoms with Gasteiger partial charge in [-0.3, -0.25) is 0 Å². The predicted molar refractivity (Wildman–Crippen MR) is 72.2 cm³/mol. The molecule has 0 radical (unpaired) electrons. The summed E-state index contributed by atoms with van der Waals surface area (Å²) >= 11 is 0. The minimum absolute atomic E-state index is 0.185. The van der Waals surface area contributed by atoms with E-state index in [1.807, 2.05) is 37.3 Å². The van der Waals surface area contributed by atoms with Crippen LogP contribution < -0.4 is 4.74 Å². The molecule has 0 fully saturated rings. The Hall–Kier alpha value is -1.74. The maximum Gasteiger partial charge on any atom is 0.161 e. The van der Waals surface area contributed by atoms with Gasteiger partial charge in [-0.25, -0.2) is 0 Å². The summed E-state index contributed by atoms with van der Waals surface area (Å²) in [6, 6.07) is 11.5. The average Bonchev–Trinajstić information content (AvgIpc) is 2.39. The number of hydrogen-bond acceptors (Lipinski definition) is 3. The van der Waals surface area contributed by atoms with E-state index < -0.39 is 0 Å². The molecule has 0 aliphatic carbocycles. The summed E-state index contributed by atoms with van der Waals surface area (Å²) < 4.78 is 10.8. The SMILES string of the molecule is CCOCCCOc1cc2ccccc2cc1O. The van der Waals surface area contributed by atoms with Crippen LogP contribution in [0.5, 0.6) is 11.5 Å². The van der Waals surface area contributed by atoms with Crippen LogP contribution in [0.15, 0.2) is 36.4 Å². The van der Waals surface area contributed by atoms with Crippen LogP contribution in [0.3, 0.4) is 0 Å². The molecule has 0 aliphatic heterocycles. The van der Waals surface area contributed by atoms with Gasteiger partial charge in [0.1, 0.15) is 0 Å². The molecule has 2 aromatic rings. The van der Waals surface area contributed by atoms with Gasteiger partial charge in [0.25, 0.3) is 0 Å². The van der Waals surface area contributed by atoms with Crippen molar-refractivity contribution < 1.29 is 14.6 Å². The molecule has 0 heterocycles. The molecule has 2 rings (SSSR count). The second kappa shape index (κ2) is 6.26. The van der Waals surface area contributed by atoms with Gasteiger partial charge in [-0.2, -0.15) is 0 Å². The zero-order chi connectivity index (χ0) is 12.8. The molecule has 18 heavy (non-hydrogen) atoms. The van der Waals surface area contributed by atoms with Crippen LogP contribution in [-0.4, -0.2) is 24.9 Å². The highest BCUT2D eigenvalue weighted by atomic mass is 16.5. The van der Waals surface area contributed by atoms with E-state index in [0.29, 0.717) is 19.0 Å². The molecular formula is C15H18O3. The van der Waals surface area contributed by atoms with Crippen molar-refractivity contribution in [3.05, 3.63) is 36.4 Å². The number of fused-ring (bicyclic) bond motifs is 1. The predicted octanol–water partition coefficient (Wildman–Crippen LogP) is 3.35. The number of benzene rings is 2. The van der Waals surface area contributed by atoms with E-state index in [1.54, 1.807) is 6.07 Å². The Labute approximate surface area is 107 Å². The molecule has 0 aliphatic rings. The number of rotatable bonds is 6. The fraction of sp³-hybridized carbons (Fsp3) is 0.333. The fourth-order valence-electron chi connectivity index (χ4n) is 1.81. The van der Waals surface area contributed by atoms with Crippen LogP contribution in [0.1, 0.15) is 13.3 Å². The van der Waals surface area contributed by atoms with E-state index >= 15 is 0 Å². The summed E-state index contributed by atoms with van der Waals surface area (Å²) in [5, 5.41) is 11.9. The highest BCUT2D eigenvalue weighted by molar-refractivity contribution is 5.85. The minimum atomic E-state index is 0.185. The Bertz CT molecular complexity index is 508. The lowest BCUT2D eigenvalue weighted by Gasteiger charge is -2.09. The van der Waals surface area contributed by atoms with Crippen LogP contribution in [0, 0.1) is 0 Å². The van der Waals surface area contributed by atoms with E-state index in [0.717, 1.165) is 23.8 Å². The monoisotopic (exact) mass is 246 g/mol. The summed E-state index contributed by atoms with van der Waals surface area (Å²) in [6.45, 7) is 3.92. The zero-order valence-corrected chi connectivity index (χ0v) is 10.6. The molecule has 0 bridgehead atoms. The van der Waals surface area contributed by atoms with Gasteiger partial charge in [-0.05, 0) is 29.8 Å². The highest BCUT2D eigenvalue weighted by Crippen LogP contribution is 2.31. The zero-order valence-electron chi connectivity index (χ0n) is 10.6. The molecule has 3 heteroatoms. The maximum absolute atomic E-state index is 9.85. The van der Waals surface area contributed by atoms with Crippen molar-refractivity contribution in [2.45, 2.75) is 13.3 Å². The second-order valence-electron chi connectivity index (χ2n) is 4.07. The van der Waals surface area contributed by atoms with Crippen molar-refractivity contribution in [3.63, 3.8) is 0 Å². The number of ether oxygens (including phenoxy) is 2. The van der Waals surface area contributed by atoms with E-state index in [9.17, 15) is 5.11 Å². The lowest BCUT2D eigenvalue weighted by molar-refractivity contribution is 0.130. The van der Waals surface area contributed by atoms with Crippen LogP contribution in [-0.2, 0) is 4.74 Å². The Morgan fingerprint density at radius 1 is 1.06 bits per heavy atom. The normalized spacial score (nSPS) is 10.7. The van der Waals surface area contributed by atoms with Crippen molar-refractivity contribution in [2.75, 3.05) is 19.8 Å². The number of aromatic hydroxyl groups is 1. The van der Waals surface area contributed by atoms with Gasteiger partial charge in [0.05, 0.1) is 6.61 Å². The van der Waals surface area contributed by atoms with Crippen LogP contribution >= 0.6 is 0 Å². The van der Waals surface area contributed by atoms with Gasteiger partial charge >= 0.3 is 0 Å². The molecule has 3 nitrogen and oxygen atoms in total. The Balaban J connectivity index is 2.01. The molecule has 0 saturated carbocycles. The Morgan fingerprint density at radius 3 is 2.50 bits per heavy atom. The lowest BCUT2D eigenvalue weighted by Crippen LogP contribution is -2.02. The van der Waals surface area contributed by atoms with Crippen molar-refractivity contribution in [2.24, 2.45) is 0 Å². The number of phenolic OH excluding ortho intramolecular Hbond substituents is 1. The van der Waals surface area contributed by atoms with Gasteiger partial charge < -0.3 is 14.6 Å². The van der Waals surface area contributed by atoms with Gasteiger partial charge in [-0.15, -0.1) is 0 Å². The third-order valence-electron chi connectivity index (χ3n) is 2.72. The third kappa shape index (κ3) is 3.14. The van der Waals surface area contributed by atoms with Crippen LogP contribution in [0.4, 0.5) is 0 Å². The summed E-state index contributed by atoms with van der Waals surface area (Å²) in [4.78, 5) is 0. The molecule has 2 aromatic carbocycles. The molecule has 0 spiro atoms. The quantitative estimate of drug-likeness (QED) is 0.794. The second-order valence-corrected chi connectivity index (χ2v) is 4.07. The van der Waals surface area contributed by atoms with Crippen molar-refractivity contribution >= 4 is 10.8 Å². The van der Waals surface area contributed by atoms with E-state index in [2.05, 4.69) is 0 Å². The first-order chi connectivity index (χ1) is 8.81. The molecule has 0 saturated heterocycles. The maximum atomic E-state index is 9.85. The number of phenols is 1. The summed E-state index contributed by atoms with van der Waals surface area (Å²) in [7, 11) is 0. The van der Waals surface area contributed by atoms with E-state index in [-0.39, 0.29) is 5.75 Å². The molecule has 0 unspecified atom stereocenters. The Kier molecular flexibility index (Phi) is 4.42. The first-order valence-electron chi connectivity index (χ1n) is 6.23. The van der Waals surface area contributed by atoms with Gasteiger partial charge in [0, 0.05) is 19.6 Å². The number of hydrogen-bond donors (Lipinski definition) is 1. The van der Waals surface area contributed by atoms with Crippen LogP contribution in [0.25, 0.3) is 10.8 Å². The standard InChI is InChI=1S/C15H18O3/c1-2-17-8-5-9-18-15-11-13-7-4-3-6-12(13)10-14(15)16/h3-4,6-7,10-11,16H,2,5,8-9H2,1H3. The smallest absolute Gasteiger partial charge is 0.161 e. The molecule has 0 aromatic heterocycles. The minimum Gasteiger partial charge on any atom is -0.504 e. The fourth-order valence-corrected chi connectivity index (χ4v) is 1.81. The van der Waals surface area contributed by atoms with Gasteiger partial charge in [0.15, 0.2) is 11.5 Å². The van der Waals surface area contributed by atoms with Crippen molar-refractivity contribution in [3.8, 4) is 11.5 Å². The summed E-state index contributed by atoms with van der Waals surface area (Å²) in [6.07, 6.45) is 0.820. The van der Waals surface area contributed by atoms with Crippen molar-refractivity contribution in [1.29, 1.82) is 0 Å². The third-order valence-corrected chi connectivity index (χ3v) is 2.72. The average molecular weight is 246 g/mol. The highest BCUT2D eigenvalue weighted by Gasteiger charge is 2.04. The van der Waals surface area contributed by atoms with Crippen molar-refractivity contribution in [1.82, 2.24) is 0 Å². The molecule has 96 valence electrons. The molecule has 0 amide bonds. The topological polar surface area (TPSA) is 38.7 Å². The van der Waals surface area contributed by atoms with Crippen LogP contribution in [0.2, 0.25) is 0 Å².